The lowest BCUT2D eigenvalue weighted by molar-refractivity contribution is -0.105. The van der Waals surface area contributed by atoms with Gasteiger partial charge in [-0.05, 0) is 20.6 Å². The predicted molar refractivity (Wildman–Crippen MR) is 52.0 cm³/mol. The molecule has 0 aromatic heterocycles. The van der Waals surface area contributed by atoms with E-state index in [1.54, 1.807) is 0 Å². The summed E-state index contributed by atoms with van der Waals surface area (Å²) in [7, 11) is 0. The quantitative estimate of drug-likeness (QED) is 0.636. The fourth-order valence-electron chi connectivity index (χ4n) is 1.47. The molecule has 0 saturated carbocycles. The molecule has 0 aromatic carbocycles. The van der Waals surface area contributed by atoms with Crippen LogP contribution in [-0.4, -0.2) is 54.8 Å². The predicted octanol–water partition coefficient (Wildman–Crippen LogP) is 0.115. The van der Waals surface area contributed by atoms with Crippen molar-refractivity contribution in [2.45, 2.75) is 32.2 Å². The zero-order valence-corrected chi connectivity index (χ0v) is 8.31. The molecule has 13 heavy (non-hydrogen) atoms. The third-order valence-corrected chi connectivity index (χ3v) is 2.32. The number of nitrogens with zero attached hydrogens (tertiary/aromatic N) is 2. The lowest BCUT2D eigenvalue weighted by Gasteiger charge is -2.37. The second kappa shape index (κ2) is 4.69. The second-order valence-electron chi connectivity index (χ2n) is 3.63. The summed E-state index contributed by atoms with van der Waals surface area (Å²) in [6, 6.07) is 0.460. The Kier molecular flexibility index (Phi) is 3.84. The maximum Gasteiger partial charge on any atom is 0.160 e. The first kappa shape index (κ1) is 10.6. The van der Waals surface area contributed by atoms with E-state index < -0.39 is 0 Å². The van der Waals surface area contributed by atoms with Crippen LogP contribution in [0.2, 0.25) is 0 Å². The molecule has 2 unspecified atom stereocenters. The normalized spacial score (nSPS) is 30.8. The first-order valence-electron chi connectivity index (χ1n) is 4.63. The summed E-state index contributed by atoms with van der Waals surface area (Å²) in [6.07, 6.45) is -0.306. The maximum atomic E-state index is 8.99. The van der Waals surface area contributed by atoms with E-state index in [0.29, 0.717) is 6.04 Å². The fraction of sp³-hybridized carbons (Fsp3) is 0.889. The van der Waals surface area contributed by atoms with Gasteiger partial charge in [-0.3, -0.25) is 9.89 Å². The summed E-state index contributed by atoms with van der Waals surface area (Å²) in [5, 5.41) is 8.99. The van der Waals surface area contributed by atoms with Crippen molar-refractivity contribution < 1.29 is 9.84 Å². The zero-order valence-electron chi connectivity index (χ0n) is 8.31. The third kappa shape index (κ3) is 2.76. The van der Waals surface area contributed by atoms with Crippen LogP contribution in [0.4, 0.5) is 0 Å². The van der Waals surface area contributed by atoms with Gasteiger partial charge in [0, 0.05) is 19.1 Å². The molecule has 0 aromatic rings. The van der Waals surface area contributed by atoms with Crippen molar-refractivity contribution in [3.8, 4) is 0 Å². The largest absolute Gasteiger partial charge is 0.394 e. The highest BCUT2D eigenvalue weighted by molar-refractivity contribution is 5.23. The van der Waals surface area contributed by atoms with E-state index in [2.05, 4.69) is 30.5 Å². The second-order valence-corrected chi connectivity index (χ2v) is 3.63. The molecular weight excluding hydrogens is 168 g/mol. The third-order valence-electron chi connectivity index (χ3n) is 2.32. The summed E-state index contributed by atoms with van der Waals surface area (Å²) in [5.41, 5.74) is 0. The van der Waals surface area contributed by atoms with E-state index in [1.807, 2.05) is 0 Å². The molecule has 0 bridgehead atoms. The molecule has 0 aliphatic carbocycles. The summed E-state index contributed by atoms with van der Waals surface area (Å²) in [5.74, 6) is 0. The van der Waals surface area contributed by atoms with Crippen molar-refractivity contribution in [3.63, 3.8) is 0 Å². The van der Waals surface area contributed by atoms with Crippen LogP contribution in [-0.2, 0) is 4.74 Å². The SMILES string of the molecule is C=NC1CN(C(C)C)CC(CO)O1. The Morgan fingerprint density at radius 1 is 1.62 bits per heavy atom. The van der Waals surface area contributed by atoms with Gasteiger partial charge in [0.15, 0.2) is 6.23 Å². The number of hydrogen-bond acceptors (Lipinski definition) is 4. The average molecular weight is 186 g/mol. The first-order chi connectivity index (χ1) is 6.17. The number of aliphatic imine (C=N–C) groups is 1. The van der Waals surface area contributed by atoms with Gasteiger partial charge in [-0.1, -0.05) is 0 Å². The molecular formula is C9H18N2O2. The molecule has 1 saturated heterocycles. The lowest BCUT2D eigenvalue weighted by Crippen LogP contribution is -2.50. The van der Waals surface area contributed by atoms with E-state index >= 15 is 0 Å². The van der Waals surface area contributed by atoms with Crippen LogP contribution in [0.1, 0.15) is 13.8 Å². The molecule has 0 spiro atoms. The van der Waals surface area contributed by atoms with Crippen molar-refractivity contribution in [1.82, 2.24) is 4.90 Å². The number of aliphatic hydroxyl groups excluding tert-OH is 1. The number of hydrogen-bond donors (Lipinski definition) is 1. The molecule has 1 N–H and O–H groups in total. The van der Waals surface area contributed by atoms with Crippen LogP contribution in [0, 0.1) is 0 Å². The van der Waals surface area contributed by atoms with E-state index in [-0.39, 0.29) is 18.9 Å². The van der Waals surface area contributed by atoms with Crippen LogP contribution in [0.15, 0.2) is 4.99 Å². The van der Waals surface area contributed by atoms with Crippen molar-refractivity contribution in [1.29, 1.82) is 0 Å². The molecule has 2 atom stereocenters. The standard InChI is InChI=1S/C9H18N2O2/c1-7(2)11-4-8(6-12)13-9(5-11)10-3/h7-9,12H,3-6H2,1-2H3. The van der Waals surface area contributed by atoms with E-state index in [9.17, 15) is 0 Å². The number of aliphatic hydroxyl groups is 1. The van der Waals surface area contributed by atoms with Crippen molar-refractivity contribution >= 4 is 6.72 Å². The monoisotopic (exact) mass is 186 g/mol. The molecule has 1 aliphatic rings. The number of morpholine rings is 1. The Morgan fingerprint density at radius 3 is 2.77 bits per heavy atom. The molecule has 0 radical (unpaired) electrons. The molecule has 1 heterocycles. The molecule has 76 valence electrons. The van der Waals surface area contributed by atoms with Crippen molar-refractivity contribution in [2.75, 3.05) is 19.7 Å². The van der Waals surface area contributed by atoms with Gasteiger partial charge >= 0.3 is 0 Å². The van der Waals surface area contributed by atoms with Crippen LogP contribution < -0.4 is 0 Å². The van der Waals surface area contributed by atoms with Crippen molar-refractivity contribution in [3.05, 3.63) is 0 Å². The highest BCUT2D eigenvalue weighted by atomic mass is 16.5. The van der Waals surface area contributed by atoms with Gasteiger partial charge in [-0.25, -0.2) is 0 Å². The number of ether oxygens (including phenoxy) is 1. The highest BCUT2D eigenvalue weighted by Crippen LogP contribution is 2.13. The molecule has 0 amide bonds. The fourth-order valence-corrected chi connectivity index (χ4v) is 1.47. The Labute approximate surface area is 79.2 Å². The zero-order chi connectivity index (χ0) is 9.84. The number of rotatable bonds is 3. The van der Waals surface area contributed by atoms with Crippen LogP contribution in [0.5, 0.6) is 0 Å². The Bertz CT molecular complexity index is 173. The van der Waals surface area contributed by atoms with Crippen LogP contribution in [0.3, 0.4) is 0 Å². The topological polar surface area (TPSA) is 45.1 Å². The summed E-state index contributed by atoms with van der Waals surface area (Å²) >= 11 is 0. The van der Waals surface area contributed by atoms with Crippen LogP contribution in [0.25, 0.3) is 0 Å². The minimum absolute atomic E-state index is 0.0508. The van der Waals surface area contributed by atoms with Gasteiger partial charge < -0.3 is 9.84 Å². The maximum absolute atomic E-state index is 8.99. The first-order valence-corrected chi connectivity index (χ1v) is 4.63. The summed E-state index contributed by atoms with van der Waals surface area (Å²) in [6.45, 7) is 9.32. The smallest absolute Gasteiger partial charge is 0.160 e. The minimum atomic E-state index is -0.187. The van der Waals surface area contributed by atoms with E-state index in [4.69, 9.17) is 9.84 Å². The molecule has 1 rings (SSSR count). The van der Waals surface area contributed by atoms with Gasteiger partial charge in [0.2, 0.25) is 0 Å². The Morgan fingerprint density at radius 2 is 2.31 bits per heavy atom. The minimum Gasteiger partial charge on any atom is -0.394 e. The summed E-state index contributed by atoms with van der Waals surface area (Å²) < 4.78 is 5.44. The van der Waals surface area contributed by atoms with Gasteiger partial charge in [-0.2, -0.15) is 0 Å². The molecule has 4 heteroatoms. The Hall–Kier alpha value is -0.450. The van der Waals surface area contributed by atoms with Gasteiger partial charge in [0.25, 0.3) is 0 Å². The van der Waals surface area contributed by atoms with Gasteiger partial charge in [-0.15, -0.1) is 0 Å². The van der Waals surface area contributed by atoms with Gasteiger partial charge in [0.05, 0.1) is 12.7 Å². The van der Waals surface area contributed by atoms with E-state index in [1.165, 1.54) is 0 Å². The summed E-state index contributed by atoms with van der Waals surface area (Å²) in [4.78, 5) is 6.09. The average Bonchev–Trinajstić information content (AvgIpc) is 2.16. The van der Waals surface area contributed by atoms with Crippen LogP contribution >= 0.6 is 0 Å². The molecule has 1 aliphatic heterocycles. The van der Waals surface area contributed by atoms with Gasteiger partial charge in [0.1, 0.15) is 0 Å². The Balaban J connectivity index is 2.53. The van der Waals surface area contributed by atoms with E-state index in [0.717, 1.165) is 13.1 Å². The lowest BCUT2D eigenvalue weighted by atomic mass is 10.2. The molecule has 1 fully saturated rings. The highest BCUT2D eigenvalue weighted by Gasteiger charge is 2.27. The van der Waals surface area contributed by atoms with Crippen molar-refractivity contribution in [2.24, 2.45) is 4.99 Å². The molecule has 4 nitrogen and oxygen atoms in total.